The highest BCUT2D eigenvalue weighted by Crippen LogP contribution is 2.39. The van der Waals surface area contributed by atoms with Crippen LogP contribution in [0.4, 0.5) is 0 Å². The number of benzene rings is 1. The molecule has 1 fully saturated rings. The Kier molecular flexibility index (Phi) is 11.2. The van der Waals surface area contributed by atoms with Crippen molar-refractivity contribution in [2.45, 2.75) is 31.6 Å². The van der Waals surface area contributed by atoms with E-state index in [4.69, 9.17) is 38.4 Å². The first-order chi connectivity index (χ1) is 12.1. The zero-order valence-electron chi connectivity index (χ0n) is 15.1. The Morgan fingerprint density at radius 3 is 2.73 bits per heavy atom. The molecule has 0 aliphatic carbocycles. The van der Waals surface area contributed by atoms with Crippen LogP contribution >= 0.6 is 47.2 Å². The third-order valence-electron chi connectivity index (χ3n) is 4.48. The summed E-state index contributed by atoms with van der Waals surface area (Å²) in [5.74, 6) is 0.451. The van der Waals surface area contributed by atoms with Crippen LogP contribution in [0.2, 0.25) is 10.0 Å². The highest BCUT2D eigenvalue weighted by molar-refractivity contribution is 14.0. The van der Waals surface area contributed by atoms with Crippen molar-refractivity contribution >= 4 is 53.1 Å². The van der Waals surface area contributed by atoms with E-state index in [1.165, 1.54) is 0 Å². The lowest BCUT2D eigenvalue weighted by atomic mass is 9.74. The number of nitrogens with zero attached hydrogens (tertiary/aromatic N) is 1. The van der Waals surface area contributed by atoms with Gasteiger partial charge >= 0.3 is 0 Å². The van der Waals surface area contributed by atoms with Gasteiger partial charge in [0.15, 0.2) is 5.96 Å². The maximum atomic E-state index is 6.47. The average molecular weight is 516 g/mol. The molecule has 0 aromatic heterocycles. The van der Waals surface area contributed by atoms with Gasteiger partial charge in [-0.1, -0.05) is 29.3 Å². The third kappa shape index (κ3) is 7.03. The molecule has 0 amide bonds. The van der Waals surface area contributed by atoms with Crippen LogP contribution in [0.3, 0.4) is 0 Å². The van der Waals surface area contributed by atoms with Gasteiger partial charge in [0, 0.05) is 48.4 Å². The zero-order chi connectivity index (χ0) is 18.1. The summed E-state index contributed by atoms with van der Waals surface area (Å²) < 4.78 is 10.8. The van der Waals surface area contributed by atoms with Gasteiger partial charge < -0.3 is 20.5 Å². The lowest BCUT2D eigenvalue weighted by Gasteiger charge is -2.37. The molecule has 1 aliphatic rings. The molecule has 26 heavy (non-hydrogen) atoms. The monoisotopic (exact) mass is 515 g/mol. The van der Waals surface area contributed by atoms with Crippen LogP contribution in [0.25, 0.3) is 0 Å². The Labute approximate surface area is 183 Å². The summed E-state index contributed by atoms with van der Waals surface area (Å²) in [7, 11) is 0. The minimum absolute atomic E-state index is 0. The number of guanidine groups is 1. The molecular formula is C18H28Cl2IN3O2. The number of halogens is 3. The summed E-state index contributed by atoms with van der Waals surface area (Å²) in [4.78, 5) is 4.57. The first kappa shape index (κ1) is 23.8. The SMILES string of the molecule is CCOCCCNC(N)=NCC1(c2ccc(Cl)cc2Cl)CCOCC1.I. The Morgan fingerprint density at radius 1 is 1.35 bits per heavy atom. The molecule has 1 aliphatic heterocycles. The molecule has 0 saturated carbocycles. The summed E-state index contributed by atoms with van der Waals surface area (Å²) in [6, 6.07) is 5.66. The number of aliphatic imine (C=N–C) groups is 1. The summed E-state index contributed by atoms with van der Waals surface area (Å²) in [5.41, 5.74) is 6.91. The molecule has 0 unspecified atom stereocenters. The molecule has 0 spiro atoms. The number of nitrogens with one attached hydrogen (secondary N) is 1. The average Bonchev–Trinajstić information content (AvgIpc) is 2.60. The molecule has 3 N–H and O–H groups in total. The fourth-order valence-electron chi connectivity index (χ4n) is 3.02. The molecule has 148 valence electrons. The predicted octanol–water partition coefficient (Wildman–Crippen LogP) is 3.99. The fraction of sp³-hybridized carbons (Fsp3) is 0.611. The molecule has 0 bridgehead atoms. The van der Waals surface area contributed by atoms with Crippen molar-refractivity contribution in [1.82, 2.24) is 5.32 Å². The Morgan fingerprint density at radius 2 is 2.08 bits per heavy atom. The third-order valence-corrected chi connectivity index (χ3v) is 5.03. The van der Waals surface area contributed by atoms with Crippen molar-refractivity contribution in [2.75, 3.05) is 39.5 Å². The van der Waals surface area contributed by atoms with E-state index in [2.05, 4.69) is 10.3 Å². The van der Waals surface area contributed by atoms with Gasteiger partial charge in [-0.15, -0.1) is 24.0 Å². The first-order valence-corrected chi connectivity index (χ1v) is 9.48. The second-order valence-corrected chi connectivity index (χ2v) is 7.04. The minimum atomic E-state index is -0.169. The molecule has 5 nitrogen and oxygen atoms in total. The van der Waals surface area contributed by atoms with Crippen LogP contribution < -0.4 is 11.1 Å². The van der Waals surface area contributed by atoms with E-state index >= 15 is 0 Å². The Hall–Kier alpha value is -0.280. The molecular weight excluding hydrogens is 488 g/mol. The van der Waals surface area contributed by atoms with Crippen molar-refractivity contribution in [1.29, 1.82) is 0 Å². The highest BCUT2D eigenvalue weighted by Gasteiger charge is 2.36. The molecule has 2 rings (SSSR count). The van der Waals surface area contributed by atoms with Crippen LogP contribution in [0.15, 0.2) is 23.2 Å². The van der Waals surface area contributed by atoms with E-state index in [0.29, 0.717) is 35.8 Å². The fourth-order valence-corrected chi connectivity index (χ4v) is 3.63. The molecule has 0 atom stereocenters. The van der Waals surface area contributed by atoms with Gasteiger partial charge in [0.2, 0.25) is 0 Å². The summed E-state index contributed by atoms with van der Waals surface area (Å²) in [6.07, 6.45) is 2.61. The van der Waals surface area contributed by atoms with E-state index in [-0.39, 0.29) is 29.4 Å². The van der Waals surface area contributed by atoms with Crippen LogP contribution in [-0.2, 0) is 14.9 Å². The number of rotatable bonds is 8. The van der Waals surface area contributed by atoms with E-state index in [1.807, 2.05) is 19.1 Å². The summed E-state index contributed by atoms with van der Waals surface area (Å²) >= 11 is 12.5. The van der Waals surface area contributed by atoms with Crippen molar-refractivity contribution in [3.05, 3.63) is 33.8 Å². The quantitative estimate of drug-likeness (QED) is 0.238. The van der Waals surface area contributed by atoms with Gasteiger partial charge in [0.05, 0.1) is 6.54 Å². The van der Waals surface area contributed by atoms with Crippen LogP contribution in [0, 0.1) is 0 Å². The number of nitrogens with two attached hydrogens (primary N) is 1. The summed E-state index contributed by atoms with van der Waals surface area (Å²) in [5, 5.41) is 4.44. The van der Waals surface area contributed by atoms with Crippen molar-refractivity contribution in [2.24, 2.45) is 10.7 Å². The highest BCUT2D eigenvalue weighted by atomic mass is 127. The van der Waals surface area contributed by atoms with Crippen LogP contribution in [-0.4, -0.2) is 45.5 Å². The molecule has 1 aromatic rings. The lowest BCUT2D eigenvalue weighted by Crippen LogP contribution is -2.39. The first-order valence-electron chi connectivity index (χ1n) is 8.72. The standard InChI is InChI=1S/C18H27Cl2N3O2.HI/c1-2-24-9-3-8-22-17(21)23-13-18(6-10-25-11-7-18)15-5-4-14(19)12-16(15)20;/h4-5,12H,2-3,6-11,13H2,1H3,(H3,21,22,23);1H. The number of ether oxygens (including phenoxy) is 2. The van der Waals surface area contributed by atoms with Crippen molar-refractivity contribution < 1.29 is 9.47 Å². The molecule has 0 radical (unpaired) electrons. The van der Waals surface area contributed by atoms with Gasteiger partial charge in [0.1, 0.15) is 0 Å². The van der Waals surface area contributed by atoms with E-state index in [9.17, 15) is 0 Å². The van der Waals surface area contributed by atoms with Crippen LogP contribution in [0.1, 0.15) is 31.7 Å². The number of hydrogen-bond acceptors (Lipinski definition) is 3. The smallest absolute Gasteiger partial charge is 0.188 e. The van der Waals surface area contributed by atoms with Crippen molar-refractivity contribution in [3.8, 4) is 0 Å². The molecule has 1 heterocycles. The van der Waals surface area contributed by atoms with E-state index in [1.54, 1.807) is 6.07 Å². The predicted molar refractivity (Wildman–Crippen MR) is 119 cm³/mol. The minimum Gasteiger partial charge on any atom is -0.382 e. The maximum Gasteiger partial charge on any atom is 0.188 e. The molecule has 1 aromatic carbocycles. The topological polar surface area (TPSA) is 68.9 Å². The second kappa shape index (κ2) is 12.2. The van der Waals surface area contributed by atoms with Gasteiger partial charge in [-0.3, -0.25) is 4.99 Å². The normalized spacial score (nSPS) is 16.8. The van der Waals surface area contributed by atoms with Gasteiger partial charge in [-0.2, -0.15) is 0 Å². The van der Waals surface area contributed by atoms with Crippen molar-refractivity contribution in [3.63, 3.8) is 0 Å². The van der Waals surface area contributed by atoms with E-state index in [0.717, 1.165) is 44.6 Å². The van der Waals surface area contributed by atoms with E-state index < -0.39 is 0 Å². The molecule has 8 heteroatoms. The Balaban J connectivity index is 0.00000338. The second-order valence-electron chi connectivity index (χ2n) is 6.20. The maximum absolute atomic E-state index is 6.47. The summed E-state index contributed by atoms with van der Waals surface area (Å²) in [6.45, 7) is 6.13. The van der Waals surface area contributed by atoms with Gasteiger partial charge in [0.25, 0.3) is 0 Å². The Bertz CT molecular complexity index is 582. The molecule has 1 saturated heterocycles. The van der Waals surface area contributed by atoms with Gasteiger partial charge in [-0.05, 0) is 43.9 Å². The number of hydrogen-bond donors (Lipinski definition) is 2. The zero-order valence-corrected chi connectivity index (χ0v) is 18.9. The largest absolute Gasteiger partial charge is 0.382 e. The van der Waals surface area contributed by atoms with Crippen LogP contribution in [0.5, 0.6) is 0 Å². The van der Waals surface area contributed by atoms with Gasteiger partial charge in [-0.25, -0.2) is 0 Å². The lowest BCUT2D eigenvalue weighted by molar-refractivity contribution is 0.0531.